The fourth-order valence-corrected chi connectivity index (χ4v) is 2.00. The lowest BCUT2D eigenvalue weighted by molar-refractivity contribution is -0.118. The summed E-state index contributed by atoms with van der Waals surface area (Å²) in [5.41, 5.74) is 0.614. The van der Waals surface area contributed by atoms with Crippen molar-refractivity contribution in [1.29, 1.82) is 0 Å². The minimum absolute atomic E-state index is 0.0880. The molecule has 6 heteroatoms. The molecule has 0 aromatic heterocycles. The van der Waals surface area contributed by atoms with E-state index in [2.05, 4.69) is 21.2 Å². The second-order valence-electron chi connectivity index (χ2n) is 3.92. The Kier molecular flexibility index (Phi) is 5.29. The summed E-state index contributed by atoms with van der Waals surface area (Å²) in [6.07, 6.45) is 0. The first-order valence-electron chi connectivity index (χ1n) is 5.68. The molecule has 0 aliphatic heterocycles. The fourth-order valence-electron chi connectivity index (χ4n) is 1.45. The molecule has 0 saturated heterocycles. The highest BCUT2D eigenvalue weighted by molar-refractivity contribution is 9.10. The molecule has 1 N–H and O–H groups in total. The number of rotatable bonds is 4. The highest BCUT2D eigenvalue weighted by atomic mass is 79.9. The Morgan fingerprint density at radius 2 is 1.85 bits per heavy atom. The number of hydrogen-bond acceptors (Lipinski definition) is 2. The second kappa shape index (κ2) is 6.97. The molecule has 0 unspecified atom stereocenters. The molecule has 1 amide bonds. The number of amides is 1. The lowest BCUT2D eigenvalue weighted by Crippen LogP contribution is -2.20. The van der Waals surface area contributed by atoms with Crippen LogP contribution in [0.3, 0.4) is 0 Å². The van der Waals surface area contributed by atoms with Gasteiger partial charge in [-0.2, -0.15) is 0 Å². The molecule has 0 bridgehead atoms. The molecular formula is C14H10BrCl2NO2. The van der Waals surface area contributed by atoms with Gasteiger partial charge in [-0.25, -0.2) is 0 Å². The van der Waals surface area contributed by atoms with Gasteiger partial charge in [0.05, 0.1) is 5.02 Å². The first-order chi connectivity index (χ1) is 9.54. The van der Waals surface area contributed by atoms with Crippen molar-refractivity contribution in [3.63, 3.8) is 0 Å². The van der Waals surface area contributed by atoms with Crippen molar-refractivity contribution < 1.29 is 9.53 Å². The normalized spacial score (nSPS) is 10.2. The minimum atomic E-state index is -0.265. The van der Waals surface area contributed by atoms with Crippen molar-refractivity contribution in [2.45, 2.75) is 0 Å². The Bertz CT molecular complexity index is 617. The first kappa shape index (κ1) is 15.2. The van der Waals surface area contributed by atoms with Gasteiger partial charge in [0.1, 0.15) is 5.75 Å². The van der Waals surface area contributed by atoms with Gasteiger partial charge in [0, 0.05) is 15.2 Å². The van der Waals surface area contributed by atoms with Crippen LogP contribution < -0.4 is 10.1 Å². The van der Waals surface area contributed by atoms with Crippen molar-refractivity contribution >= 4 is 50.7 Å². The fraction of sp³-hybridized carbons (Fsp3) is 0.0714. The summed E-state index contributed by atoms with van der Waals surface area (Å²) in [6, 6.07) is 12.0. The molecule has 2 aromatic carbocycles. The van der Waals surface area contributed by atoms with E-state index in [1.807, 2.05) is 0 Å². The van der Waals surface area contributed by atoms with Gasteiger partial charge in [-0.15, -0.1) is 0 Å². The van der Waals surface area contributed by atoms with Crippen molar-refractivity contribution in [2.24, 2.45) is 0 Å². The summed E-state index contributed by atoms with van der Waals surface area (Å²) >= 11 is 15.0. The first-order valence-corrected chi connectivity index (χ1v) is 7.23. The van der Waals surface area contributed by atoms with Gasteiger partial charge in [-0.1, -0.05) is 23.2 Å². The molecule has 0 aliphatic rings. The summed E-state index contributed by atoms with van der Waals surface area (Å²) in [7, 11) is 0. The number of nitrogens with one attached hydrogen (secondary N) is 1. The van der Waals surface area contributed by atoms with Crippen LogP contribution in [0.2, 0.25) is 10.0 Å². The summed E-state index contributed by atoms with van der Waals surface area (Å²) < 4.78 is 6.11. The van der Waals surface area contributed by atoms with Crippen molar-refractivity contribution in [3.8, 4) is 5.75 Å². The quantitative estimate of drug-likeness (QED) is 0.836. The summed E-state index contributed by atoms with van der Waals surface area (Å²) in [6.45, 7) is -0.0880. The van der Waals surface area contributed by atoms with Crippen LogP contribution in [0.4, 0.5) is 5.69 Å². The van der Waals surface area contributed by atoms with Crippen LogP contribution >= 0.6 is 39.1 Å². The van der Waals surface area contributed by atoms with Gasteiger partial charge < -0.3 is 10.1 Å². The van der Waals surface area contributed by atoms with Crippen LogP contribution in [-0.4, -0.2) is 12.5 Å². The predicted octanol–water partition coefficient (Wildman–Crippen LogP) is 4.77. The molecule has 0 radical (unpaired) electrons. The maximum atomic E-state index is 11.7. The van der Waals surface area contributed by atoms with Gasteiger partial charge in [-0.05, 0) is 58.4 Å². The zero-order valence-corrected chi connectivity index (χ0v) is 13.3. The lowest BCUT2D eigenvalue weighted by atomic mass is 10.3. The van der Waals surface area contributed by atoms with Crippen molar-refractivity contribution in [2.75, 3.05) is 11.9 Å². The summed E-state index contributed by atoms with van der Waals surface area (Å²) in [5, 5.41) is 3.84. The molecule has 0 spiro atoms. The third-order valence-electron chi connectivity index (χ3n) is 2.39. The summed E-state index contributed by atoms with van der Waals surface area (Å²) in [4.78, 5) is 11.7. The third-order valence-corrected chi connectivity index (χ3v) is 3.87. The predicted molar refractivity (Wildman–Crippen MR) is 84.7 cm³/mol. The number of anilines is 1. The average Bonchev–Trinajstić information content (AvgIpc) is 2.42. The molecule has 0 aliphatic carbocycles. The van der Waals surface area contributed by atoms with E-state index >= 15 is 0 Å². The number of carbonyl (C=O) groups is 1. The molecular weight excluding hydrogens is 365 g/mol. The van der Waals surface area contributed by atoms with E-state index in [-0.39, 0.29) is 12.5 Å². The van der Waals surface area contributed by atoms with E-state index in [0.717, 1.165) is 4.47 Å². The highest BCUT2D eigenvalue weighted by Gasteiger charge is 2.05. The monoisotopic (exact) mass is 373 g/mol. The van der Waals surface area contributed by atoms with Crippen LogP contribution in [0.1, 0.15) is 0 Å². The standard InChI is InChI=1S/C14H10BrCl2NO2/c15-12-6-3-10(7-13(12)17)18-14(19)8-20-11-4-1-9(16)2-5-11/h1-7H,8H2,(H,18,19). The molecule has 2 aromatic rings. The molecule has 0 heterocycles. The number of hydrogen-bond donors (Lipinski definition) is 1. The van der Waals surface area contributed by atoms with Gasteiger partial charge in [0.2, 0.25) is 0 Å². The molecule has 0 fully saturated rings. The molecule has 0 saturated carbocycles. The Labute approximate surface area is 135 Å². The van der Waals surface area contributed by atoms with E-state index in [1.165, 1.54) is 0 Å². The van der Waals surface area contributed by atoms with Gasteiger partial charge in [0.15, 0.2) is 6.61 Å². The third kappa shape index (κ3) is 4.40. The Morgan fingerprint density at radius 1 is 1.15 bits per heavy atom. The molecule has 20 heavy (non-hydrogen) atoms. The number of ether oxygens (including phenoxy) is 1. The largest absolute Gasteiger partial charge is 0.484 e. The molecule has 3 nitrogen and oxygen atoms in total. The van der Waals surface area contributed by atoms with Crippen LogP contribution in [0, 0.1) is 0 Å². The smallest absolute Gasteiger partial charge is 0.262 e. The Hall–Kier alpha value is -1.23. The topological polar surface area (TPSA) is 38.3 Å². The Morgan fingerprint density at radius 3 is 2.50 bits per heavy atom. The van der Waals surface area contributed by atoms with Crippen molar-refractivity contribution in [3.05, 3.63) is 57.0 Å². The highest BCUT2D eigenvalue weighted by Crippen LogP contribution is 2.25. The van der Waals surface area contributed by atoms with Crippen LogP contribution in [0.5, 0.6) is 5.75 Å². The van der Waals surface area contributed by atoms with Gasteiger partial charge >= 0.3 is 0 Å². The van der Waals surface area contributed by atoms with Gasteiger partial charge in [0.25, 0.3) is 5.91 Å². The summed E-state index contributed by atoms with van der Waals surface area (Å²) in [5.74, 6) is 0.316. The number of halogens is 3. The molecule has 0 atom stereocenters. The zero-order valence-electron chi connectivity index (χ0n) is 10.2. The van der Waals surface area contributed by atoms with Crippen LogP contribution in [-0.2, 0) is 4.79 Å². The Balaban J connectivity index is 1.89. The average molecular weight is 375 g/mol. The second-order valence-corrected chi connectivity index (χ2v) is 5.62. The van der Waals surface area contributed by atoms with E-state index < -0.39 is 0 Å². The van der Waals surface area contributed by atoms with Gasteiger partial charge in [-0.3, -0.25) is 4.79 Å². The van der Waals surface area contributed by atoms with E-state index in [1.54, 1.807) is 42.5 Å². The minimum Gasteiger partial charge on any atom is -0.484 e. The van der Waals surface area contributed by atoms with Crippen LogP contribution in [0.15, 0.2) is 46.9 Å². The number of carbonyl (C=O) groups excluding carboxylic acids is 1. The van der Waals surface area contributed by atoms with E-state index in [0.29, 0.717) is 21.5 Å². The SMILES string of the molecule is O=C(COc1ccc(Cl)cc1)Nc1ccc(Br)c(Cl)c1. The van der Waals surface area contributed by atoms with E-state index in [4.69, 9.17) is 27.9 Å². The van der Waals surface area contributed by atoms with Crippen LogP contribution in [0.25, 0.3) is 0 Å². The molecule has 2 rings (SSSR count). The maximum Gasteiger partial charge on any atom is 0.262 e. The molecule has 104 valence electrons. The zero-order chi connectivity index (χ0) is 14.5. The maximum absolute atomic E-state index is 11.7. The van der Waals surface area contributed by atoms with Crippen molar-refractivity contribution in [1.82, 2.24) is 0 Å². The van der Waals surface area contributed by atoms with E-state index in [9.17, 15) is 4.79 Å². The number of benzene rings is 2. The lowest BCUT2D eigenvalue weighted by Gasteiger charge is -2.08.